The number of phenols is 1. The van der Waals surface area contributed by atoms with Gasteiger partial charge in [-0.3, -0.25) is 9.89 Å². The molecule has 0 unspecified atom stereocenters. The van der Waals surface area contributed by atoms with Gasteiger partial charge < -0.3 is 15.3 Å². The number of hydrogen-bond acceptors (Lipinski definition) is 5. The summed E-state index contributed by atoms with van der Waals surface area (Å²) in [4.78, 5) is 20.0. The lowest BCUT2D eigenvalue weighted by molar-refractivity contribution is 0.0497. The van der Waals surface area contributed by atoms with Crippen molar-refractivity contribution < 1.29 is 9.90 Å². The molecule has 0 bridgehead atoms. The summed E-state index contributed by atoms with van der Waals surface area (Å²) in [6, 6.07) is 8.70. The number of fused-ring (bicyclic) bond motifs is 1. The second kappa shape index (κ2) is 7.15. The van der Waals surface area contributed by atoms with E-state index >= 15 is 0 Å². The van der Waals surface area contributed by atoms with Crippen LogP contribution in [-0.4, -0.2) is 57.3 Å². The molecule has 150 valence electrons. The third-order valence-electron chi connectivity index (χ3n) is 6.59. The number of carbonyl (C=O) groups excluding carboxylic acids is 1. The maximum absolute atomic E-state index is 13.4. The molecule has 3 aromatic rings. The maximum atomic E-state index is 13.4. The van der Waals surface area contributed by atoms with Crippen molar-refractivity contribution in [3.8, 4) is 17.0 Å². The van der Waals surface area contributed by atoms with Crippen LogP contribution in [0.2, 0.25) is 0 Å². The molecule has 3 N–H and O–H groups in total. The SMILES string of the molecule is O=C(c1cc(-c2ccc(O)cc2)nc2[nH]ncc12)N1CCC2(CCNCC2)CC1. The number of piperidine rings is 2. The largest absolute Gasteiger partial charge is 0.508 e. The fraction of sp³-hybridized carbons (Fsp3) is 0.409. The van der Waals surface area contributed by atoms with Gasteiger partial charge in [0.15, 0.2) is 5.65 Å². The molecule has 2 aromatic heterocycles. The Morgan fingerprint density at radius 1 is 1.07 bits per heavy atom. The zero-order valence-corrected chi connectivity index (χ0v) is 16.3. The Kier molecular flexibility index (Phi) is 4.47. The van der Waals surface area contributed by atoms with Crippen LogP contribution in [0.4, 0.5) is 0 Å². The van der Waals surface area contributed by atoms with E-state index in [1.54, 1.807) is 30.5 Å². The topological polar surface area (TPSA) is 94.1 Å². The van der Waals surface area contributed by atoms with Crippen molar-refractivity contribution in [3.63, 3.8) is 0 Å². The highest BCUT2D eigenvalue weighted by Crippen LogP contribution is 2.40. The fourth-order valence-electron chi connectivity index (χ4n) is 4.70. The second-order valence-electron chi connectivity index (χ2n) is 8.28. The first-order chi connectivity index (χ1) is 14.1. The van der Waals surface area contributed by atoms with Gasteiger partial charge in [-0.2, -0.15) is 5.10 Å². The van der Waals surface area contributed by atoms with Crippen molar-refractivity contribution in [2.75, 3.05) is 26.2 Å². The normalized spacial score (nSPS) is 19.0. The fourth-order valence-corrected chi connectivity index (χ4v) is 4.70. The van der Waals surface area contributed by atoms with E-state index in [-0.39, 0.29) is 11.7 Å². The third kappa shape index (κ3) is 3.35. The Labute approximate surface area is 169 Å². The van der Waals surface area contributed by atoms with Crippen molar-refractivity contribution in [2.45, 2.75) is 25.7 Å². The Balaban J connectivity index is 1.44. The molecule has 7 nitrogen and oxygen atoms in total. The van der Waals surface area contributed by atoms with Gasteiger partial charge in [-0.1, -0.05) is 0 Å². The quantitative estimate of drug-likeness (QED) is 0.624. The van der Waals surface area contributed by atoms with Gasteiger partial charge in [-0.25, -0.2) is 4.98 Å². The summed E-state index contributed by atoms with van der Waals surface area (Å²) in [7, 11) is 0. The minimum Gasteiger partial charge on any atom is -0.508 e. The first-order valence-electron chi connectivity index (χ1n) is 10.3. The van der Waals surface area contributed by atoms with Crippen LogP contribution >= 0.6 is 0 Å². The van der Waals surface area contributed by atoms with Gasteiger partial charge in [-0.15, -0.1) is 0 Å². The molecule has 29 heavy (non-hydrogen) atoms. The van der Waals surface area contributed by atoms with Crippen LogP contribution in [0, 0.1) is 5.41 Å². The predicted molar refractivity (Wildman–Crippen MR) is 111 cm³/mol. The Morgan fingerprint density at radius 2 is 1.79 bits per heavy atom. The lowest BCUT2D eigenvalue weighted by atomic mass is 9.71. The molecular weight excluding hydrogens is 366 g/mol. The Morgan fingerprint density at radius 3 is 2.52 bits per heavy atom. The first kappa shape index (κ1) is 18.1. The standard InChI is InChI=1S/C22H25N5O2/c28-16-3-1-15(2-4-16)19-13-17(18-14-24-26-20(18)25-19)21(29)27-11-7-22(8-12-27)5-9-23-10-6-22/h1-4,13-14,23,28H,5-12H2,(H,24,25,26). The number of nitrogens with zero attached hydrogens (tertiary/aromatic N) is 3. The van der Waals surface area contributed by atoms with E-state index in [1.807, 2.05) is 11.0 Å². The Hall–Kier alpha value is -2.93. The van der Waals surface area contributed by atoms with Gasteiger partial charge in [0.2, 0.25) is 0 Å². The summed E-state index contributed by atoms with van der Waals surface area (Å²) in [5, 5.41) is 20.8. The second-order valence-corrected chi connectivity index (χ2v) is 8.28. The molecule has 0 saturated carbocycles. The zero-order chi connectivity index (χ0) is 19.8. The number of rotatable bonds is 2. The molecule has 0 aliphatic carbocycles. The van der Waals surface area contributed by atoms with E-state index in [9.17, 15) is 9.90 Å². The highest BCUT2D eigenvalue weighted by molar-refractivity contribution is 6.06. The summed E-state index contributed by atoms with van der Waals surface area (Å²) >= 11 is 0. The minimum absolute atomic E-state index is 0.0441. The number of phenolic OH excluding ortho intramolecular Hbond substituents is 1. The molecule has 2 aliphatic rings. The van der Waals surface area contributed by atoms with Gasteiger partial charge in [0.1, 0.15) is 5.75 Å². The average molecular weight is 391 g/mol. The van der Waals surface area contributed by atoms with E-state index in [1.165, 1.54) is 12.8 Å². The number of amides is 1. The number of H-pyrrole nitrogens is 1. The third-order valence-corrected chi connectivity index (χ3v) is 6.59. The summed E-state index contributed by atoms with van der Waals surface area (Å²) in [6.45, 7) is 3.78. The Bertz CT molecular complexity index is 1030. The number of hydrogen-bond donors (Lipinski definition) is 3. The lowest BCUT2D eigenvalue weighted by Crippen LogP contribution is -2.47. The number of carbonyl (C=O) groups is 1. The number of nitrogens with one attached hydrogen (secondary N) is 2. The molecule has 1 spiro atoms. The molecule has 0 atom stereocenters. The van der Waals surface area contributed by atoms with E-state index in [0.717, 1.165) is 50.0 Å². The predicted octanol–water partition coefficient (Wildman–Crippen LogP) is 2.94. The number of likely N-dealkylation sites (tertiary alicyclic amines) is 1. The van der Waals surface area contributed by atoms with Gasteiger partial charge in [0.05, 0.1) is 22.8 Å². The van der Waals surface area contributed by atoms with Gasteiger partial charge in [0.25, 0.3) is 5.91 Å². The van der Waals surface area contributed by atoms with Crippen LogP contribution < -0.4 is 5.32 Å². The van der Waals surface area contributed by atoms with Gasteiger partial charge >= 0.3 is 0 Å². The van der Waals surface area contributed by atoms with E-state index < -0.39 is 0 Å². The molecule has 5 rings (SSSR count). The number of aromatic amines is 1. The van der Waals surface area contributed by atoms with E-state index in [2.05, 4.69) is 20.5 Å². The van der Waals surface area contributed by atoms with Crippen LogP contribution in [0.1, 0.15) is 36.0 Å². The molecule has 1 aromatic carbocycles. The molecular formula is C22H25N5O2. The molecule has 4 heterocycles. The number of aromatic hydroxyl groups is 1. The van der Waals surface area contributed by atoms with Crippen LogP contribution in [0.3, 0.4) is 0 Å². The van der Waals surface area contributed by atoms with Gasteiger partial charge in [-0.05, 0) is 74.5 Å². The molecule has 2 saturated heterocycles. The average Bonchev–Trinajstić information content (AvgIpc) is 3.23. The number of benzene rings is 1. The van der Waals surface area contributed by atoms with Crippen LogP contribution in [0.25, 0.3) is 22.3 Å². The molecule has 1 amide bonds. The highest BCUT2D eigenvalue weighted by Gasteiger charge is 2.37. The maximum Gasteiger partial charge on any atom is 0.254 e. The van der Waals surface area contributed by atoms with Crippen molar-refractivity contribution >= 4 is 16.9 Å². The zero-order valence-electron chi connectivity index (χ0n) is 16.3. The molecule has 7 heteroatoms. The summed E-state index contributed by atoms with van der Waals surface area (Å²) in [5.74, 6) is 0.246. The molecule has 2 fully saturated rings. The highest BCUT2D eigenvalue weighted by atomic mass is 16.3. The minimum atomic E-state index is 0.0441. The van der Waals surface area contributed by atoms with Crippen molar-refractivity contribution in [2.24, 2.45) is 5.41 Å². The van der Waals surface area contributed by atoms with Crippen molar-refractivity contribution in [3.05, 3.63) is 42.1 Å². The number of pyridine rings is 1. The smallest absolute Gasteiger partial charge is 0.254 e. The van der Waals surface area contributed by atoms with Crippen LogP contribution in [0.5, 0.6) is 5.75 Å². The van der Waals surface area contributed by atoms with Crippen molar-refractivity contribution in [1.82, 2.24) is 25.4 Å². The molecule has 0 radical (unpaired) electrons. The number of aromatic nitrogens is 3. The van der Waals surface area contributed by atoms with Crippen molar-refractivity contribution in [1.29, 1.82) is 0 Å². The monoisotopic (exact) mass is 391 g/mol. The summed E-state index contributed by atoms with van der Waals surface area (Å²) < 4.78 is 0. The van der Waals surface area contributed by atoms with Crippen LogP contribution in [-0.2, 0) is 0 Å². The van der Waals surface area contributed by atoms with E-state index in [4.69, 9.17) is 0 Å². The van der Waals surface area contributed by atoms with Crippen LogP contribution in [0.15, 0.2) is 36.5 Å². The van der Waals surface area contributed by atoms with Gasteiger partial charge in [0, 0.05) is 18.7 Å². The van der Waals surface area contributed by atoms with E-state index in [0.29, 0.717) is 22.3 Å². The summed E-state index contributed by atoms with van der Waals surface area (Å²) in [5.41, 5.74) is 3.18. The lowest BCUT2D eigenvalue weighted by Gasteiger charge is -2.44. The molecule has 2 aliphatic heterocycles. The first-order valence-corrected chi connectivity index (χ1v) is 10.3. The summed E-state index contributed by atoms with van der Waals surface area (Å²) in [6.07, 6.45) is 6.24.